The molecule has 3 heterocycles. The standard InChI is InChI=1S/C27H34N4O6/c1-37-23-6-2-5-18-17(23)12-20(29-18)26(36)31-15-27(9-10-27)13-21(31)25(35)30-19(22(33)14-32)8-7-16-4-3-11-28-24(16)34/h2,5-6,12,16,19,21,29,32H,3-4,7-11,13-15H2,1H3,(H,28,34)(H,30,35)/t16-,19-,21-/m0/s1. The lowest BCUT2D eigenvalue weighted by molar-refractivity contribution is -0.131. The maximum Gasteiger partial charge on any atom is 0.271 e. The summed E-state index contributed by atoms with van der Waals surface area (Å²) >= 11 is 0. The van der Waals surface area contributed by atoms with Crippen molar-refractivity contribution in [2.75, 3.05) is 26.8 Å². The van der Waals surface area contributed by atoms with Crippen LogP contribution in [0.3, 0.4) is 0 Å². The Kier molecular flexibility index (Phi) is 6.94. The van der Waals surface area contributed by atoms with Crippen LogP contribution in [0.1, 0.15) is 55.4 Å². The van der Waals surface area contributed by atoms with Gasteiger partial charge in [0.05, 0.1) is 13.2 Å². The predicted molar refractivity (Wildman–Crippen MR) is 135 cm³/mol. The summed E-state index contributed by atoms with van der Waals surface area (Å²) in [6, 6.07) is 5.66. The van der Waals surface area contributed by atoms with Gasteiger partial charge in [-0.2, -0.15) is 0 Å². The highest BCUT2D eigenvalue weighted by atomic mass is 16.5. The molecule has 5 rings (SSSR count). The number of nitrogens with one attached hydrogen (secondary N) is 3. The number of H-pyrrole nitrogens is 1. The summed E-state index contributed by atoms with van der Waals surface area (Å²) in [6.45, 7) is 0.439. The van der Waals surface area contributed by atoms with Crippen molar-refractivity contribution in [2.24, 2.45) is 11.3 Å². The number of benzene rings is 1. The Balaban J connectivity index is 1.32. The Bertz CT molecular complexity index is 1220. The fraction of sp³-hybridized carbons (Fsp3) is 0.556. The molecule has 1 aliphatic carbocycles. The molecule has 1 saturated carbocycles. The SMILES string of the molecule is COc1cccc2[nH]c(C(=O)N3CC4(CC4)C[C@H]3C(=O)N[C@@H](CC[C@@H]3CCCNC3=O)C(=O)CO)cc12. The fourth-order valence-electron chi connectivity index (χ4n) is 5.79. The molecule has 4 N–H and O–H groups in total. The van der Waals surface area contributed by atoms with Crippen LogP contribution in [0.5, 0.6) is 5.75 Å². The number of likely N-dealkylation sites (tertiary alicyclic amines) is 1. The van der Waals surface area contributed by atoms with Gasteiger partial charge in [0.25, 0.3) is 5.91 Å². The second-order valence-electron chi connectivity index (χ2n) is 10.7. The van der Waals surface area contributed by atoms with Crippen molar-refractivity contribution in [1.29, 1.82) is 0 Å². The van der Waals surface area contributed by atoms with Crippen molar-refractivity contribution in [3.05, 3.63) is 30.0 Å². The summed E-state index contributed by atoms with van der Waals surface area (Å²) in [5.41, 5.74) is 1.09. The summed E-state index contributed by atoms with van der Waals surface area (Å²) < 4.78 is 5.41. The van der Waals surface area contributed by atoms with Crippen molar-refractivity contribution in [3.8, 4) is 5.75 Å². The highest BCUT2D eigenvalue weighted by Crippen LogP contribution is 2.55. The molecule has 37 heavy (non-hydrogen) atoms. The van der Waals surface area contributed by atoms with E-state index in [1.807, 2.05) is 18.2 Å². The monoisotopic (exact) mass is 510 g/mol. The number of carbonyl (C=O) groups is 4. The third kappa shape index (κ3) is 5.07. The van der Waals surface area contributed by atoms with Gasteiger partial charge < -0.3 is 30.4 Å². The number of amides is 3. The van der Waals surface area contributed by atoms with E-state index in [-0.39, 0.29) is 29.6 Å². The van der Waals surface area contributed by atoms with E-state index in [2.05, 4.69) is 15.6 Å². The first-order chi connectivity index (χ1) is 17.8. The molecule has 1 aromatic heterocycles. The van der Waals surface area contributed by atoms with Gasteiger partial charge in [-0.3, -0.25) is 19.2 Å². The highest BCUT2D eigenvalue weighted by Gasteiger charge is 2.55. The first-order valence-corrected chi connectivity index (χ1v) is 13.0. The first kappa shape index (κ1) is 25.3. The van der Waals surface area contributed by atoms with Crippen molar-refractivity contribution >= 4 is 34.4 Å². The van der Waals surface area contributed by atoms with Crippen LogP contribution in [0.25, 0.3) is 10.9 Å². The molecule has 2 saturated heterocycles. The molecule has 3 amide bonds. The Morgan fingerprint density at radius 1 is 1.30 bits per heavy atom. The first-order valence-electron chi connectivity index (χ1n) is 13.0. The zero-order valence-corrected chi connectivity index (χ0v) is 21.0. The van der Waals surface area contributed by atoms with E-state index in [4.69, 9.17) is 4.74 Å². The lowest BCUT2D eigenvalue weighted by atomic mass is 9.91. The van der Waals surface area contributed by atoms with Crippen molar-refractivity contribution in [2.45, 2.75) is 57.0 Å². The lowest BCUT2D eigenvalue weighted by Gasteiger charge is -2.27. The molecule has 0 bridgehead atoms. The summed E-state index contributed by atoms with van der Waals surface area (Å²) in [6.07, 6.45) is 4.77. The maximum absolute atomic E-state index is 13.6. The molecule has 3 aliphatic rings. The number of rotatable bonds is 9. The Morgan fingerprint density at radius 3 is 2.81 bits per heavy atom. The molecule has 1 aromatic carbocycles. The Morgan fingerprint density at radius 2 is 2.11 bits per heavy atom. The van der Waals surface area contributed by atoms with Gasteiger partial charge in [0.1, 0.15) is 24.1 Å². The van der Waals surface area contributed by atoms with Gasteiger partial charge >= 0.3 is 0 Å². The third-order valence-electron chi connectivity index (χ3n) is 8.17. The van der Waals surface area contributed by atoms with Gasteiger partial charge in [0, 0.05) is 29.9 Å². The van der Waals surface area contributed by atoms with E-state index >= 15 is 0 Å². The second kappa shape index (κ2) is 10.2. The number of ether oxygens (including phenoxy) is 1. The minimum Gasteiger partial charge on any atom is -0.496 e. The van der Waals surface area contributed by atoms with E-state index in [0.717, 1.165) is 36.6 Å². The van der Waals surface area contributed by atoms with Gasteiger partial charge in [0.2, 0.25) is 11.8 Å². The van der Waals surface area contributed by atoms with Crippen LogP contribution in [0.2, 0.25) is 0 Å². The molecule has 0 unspecified atom stereocenters. The van der Waals surface area contributed by atoms with Crippen LogP contribution >= 0.6 is 0 Å². The van der Waals surface area contributed by atoms with Crippen LogP contribution in [-0.2, 0) is 14.4 Å². The number of aliphatic hydroxyl groups is 1. The van der Waals surface area contributed by atoms with Crippen molar-refractivity contribution in [1.82, 2.24) is 20.5 Å². The number of piperidine rings is 1. The lowest BCUT2D eigenvalue weighted by Crippen LogP contribution is -2.51. The van der Waals surface area contributed by atoms with Gasteiger partial charge in [-0.05, 0) is 68.6 Å². The zero-order chi connectivity index (χ0) is 26.2. The molecule has 2 aromatic rings. The molecular formula is C27H34N4O6. The Labute approximate surface area is 215 Å². The van der Waals surface area contributed by atoms with E-state index in [0.29, 0.717) is 37.4 Å². The molecule has 3 atom stereocenters. The minimum atomic E-state index is -0.905. The summed E-state index contributed by atoms with van der Waals surface area (Å²) in [5.74, 6) is -0.760. The smallest absolute Gasteiger partial charge is 0.271 e. The molecular weight excluding hydrogens is 476 g/mol. The number of hydrogen-bond acceptors (Lipinski definition) is 6. The molecule has 198 valence electrons. The normalized spacial score (nSPS) is 23.1. The van der Waals surface area contributed by atoms with Gasteiger partial charge in [-0.1, -0.05) is 6.07 Å². The van der Waals surface area contributed by atoms with Gasteiger partial charge in [-0.15, -0.1) is 0 Å². The average molecular weight is 511 g/mol. The van der Waals surface area contributed by atoms with E-state index in [1.165, 1.54) is 0 Å². The summed E-state index contributed by atoms with van der Waals surface area (Å²) in [4.78, 5) is 56.5. The Hall–Kier alpha value is -3.40. The highest BCUT2D eigenvalue weighted by molar-refractivity contribution is 6.02. The number of aromatic nitrogens is 1. The second-order valence-corrected chi connectivity index (χ2v) is 10.7. The summed E-state index contributed by atoms with van der Waals surface area (Å²) in [7, 11) is 1.58. The molecule has 1 spiro atoms. The fourth-order valence-corrected chi connectivity index (χ4v) is 5.79. The van der Waals surface area contributed by atoms with Crippen molar-refractivity contribution in [3.63, 3.8) is 0 Å². The molecule has 10 heteroatoms. The van der Waals surface area contributed by atoms with E-state index in [9.17, 15) is 24.3 Å². The predicted octanol–water partition coefficient (Wildman–Crippen LogP) is 1.52. The van der Waals surface area contributed by atoms with Crippen LogP contribution in [0.15, 0.2) is 24.3 Å². The van der Waals surface area contributed by atoms with Gasteiger partial charge in [0.15, 0.2) is 5.78 Å². The number of methoxy groups -OCH3 is 1. The molecule has 2 aliphatic heterocycles. The molecule has 10 nitrogen and oxygen atoms in total. The largest absolute Gasteiger partial charge is 0.496 e. The van der Waals surface area contributed by atoms with Crippen molar-refractivity contribution < 1.29 is 29.0 Å². The number of hydrogen-bond donors (Lipinski definition) is 4. The molecule has 3 fully saturated rings. The number of aromatic amines is 1. The quantitative estimate of drug-likeness (QED) is 0.403. The van der Waals surface area contributed by atoms with Crippen LogP contribution in [0.4, 0.5) is 0 Å². The number of nitrogens with zero attached hydrogens (tertiary/aromatic N) is 1. The number of fused-ring (bicyclic) bond motifs is 1. The number of ketones is 1. The third-order valence-corrected chi connectivity index (χ3v) is 8.17. The number of carbonyl (C=O) groups excluding carboxylic acids is 4. The summed E-state index contributed by atoms with van der Waals surface area (Å²) in [5, 5.41) is 15.9. The van der Waals surface area contributed by atoms with Gasteiger partial charge in [-0.25, -0.2) is 0 Å². The van der Waals surface area contributed by atoms with E-state index < -0.39 is 30.4 Å². The topological polar surface area (TPSA) is 141 Å². The number of aliphatic hydroxyl groups excluding tert-OH is 1. The van der Waals surface area contributed by atoms with E-state index in [1.54, 1.807) is 18.1 Å². The average Bonchev–Trinajstić information content (AvgIpc) is 3.34. The maximum atomic E-state index is 13.6. The minimum absolute atomic E-state index is 0.0361. The van der Waals surface area contributed by atoms with Crippen LogP contribution in [0, 0.1) is 11.3 Å². The van der Waals surface area contributed by atoms with Crippen LogP contribution in [-0.4, -0.2) is 77.4 Å². The zero-order valence-electron chi connectivity index (χ0n) is 21.0. The molecule has 0 radical (unpaired) electrons. The van der Waals surface area contributed by atoms with Crippen LogP contribution < -0.4 is 15.4 Å². The number of Topliss-reactive ketones (excluding diaryl/α,β-unsaturated/α-hetero) is 1.